The van der Waals surface area contributed by atoms with E-state index in [0.717, 1.165) is 56.4 Å². The van der Waals surface area contributed by atoms with E-state index in [-0.39, 0.29) is 5.41 Å². The van der Waals surface area contributed by atoms with Gasteiger partial charge in [-0.3, -0.25) is 0 Å². The Morgan fingerprint density at radius 1 is 1.30 bits per heavy atom. The summed E-state index contributed by atoms with van der Waals surface area (Å²) in [5, 5.41) is 0. The van der Waals surface area contributed by atoms with Crippen LogP contribution < -0.4 is 5.73 Å². The molecular weight excluding hydrogens is 270 g/mol. The summed E-state index contributed by atoms with van der Waals surface area (Å²) in [5.41, 5.74) is 6.43. The highest BCUT2D eigenvalue weighted by atomic mass is 32.2. The molecule has 5 heteroatoms. The van der Waals surface area contributed by atoms with Crippen molar-refractivity contribution in [2.75, 3.05) is 31.2 Å². The lowest BCUT2D eigenvalue weighted by molar-refractivity contribution is -0.127. The molecule has 116 valence electrons. The molecule has 20 heavy (non-hydrogen) atoms. The van der Waals surface area contributed by atoms with E-state index < -0.39 is 0 Å². The lowest BCUT2D eigenvalue weighted by Gasteiger charge is -2.53. The summed E-state index contributed by atoms with van der Waals surface area (Å²) in [7, 11) is 0. The van der Waals surface area contributed by atoms with Crippen LogP contribution in [0.3, 0.4) is 0 Å². The van der Waals surface area contributed by atoms with Crippen LogP contribution in [0.1, 0.15) is 40.0 Å². The van der Waals surface area contributed by atoms with Crippen LogP contribution in [-0.4, -0.2) is 54.2 Å². The van der Waals surface area contributed by atoms with E-state index in [1.54, 1.807) is 0 Å². The van der Waals surface area contributed by atoms with Gasteiger partial charge >= 0.3 is 0 Å². The molecule has 0 aromatic carbocycles. The van der Waals surface area contributed by atoms with Gasteiger partial charge in [0.1, 0.15) is 0 Å². The number of thioether (sulfide) groups is 1. The van der Waals surface area contributed by atoms with Crippen molar-refractivity contribution in [3.63, 3.8) is 0 Å². The summed E-state index contributed by atoms with van der Waals surface area (Å²) in [6.45, 7) is 9.45. The van der Waals surface area contributed by atoms with E-state index >= 15 is 0 Å². The number of nitrogens with two attached hydrogens (primary N) is 1. The second-order valence-corrected chi connectivity index (χ2v) is 6.95. The van der Waals surface area contributed by atoms with Crippen molar-refractivity contribution < 1.29 is 4.74 Å². The molecule has 0 spiro atoms. The average Bonchev–Trinajstić information content (AvgIpc) is 2.48. The smallest absolute Gasteiger partial charge is 0.191 e. The molecule has 1 aliphatic heterocycles. The Labute approximate surface area is 127 Å². The first-order valence-corrected chi connectivity index (χ1v) is 9.11. The Balaban J connectivity index is 2.04. The third-order valence-corrected chi connectivity index (χ3v) is 5.99. The Morgan fingerprint density at radius 2 is 1.95 bits per heavy atom. The van der Waals surface area contributed by atoms with Crippen molar-refractivity contribution in [1.29, 1.82) is 0 Å². The molecule has 2 aliphatic rings. The van der Waals surface area contributed by atoms with Gasteiger partial charge in [0.05, 0.1) is 12.1 Å². The van der Waals surface area contributed by atoms with Crippen LogP contribution in [0.4, 0.5) is 0 Å². The van der Waals surface area contributed by atoms with Crippen LogP contribution in [0, 0.1) is 5.41 Å². The third-order valence-electron chi connectivity index (χ3n) is 5.05. The van der Waals surface area contributed by atoms with Gasteiger partial charge in [-0.25, -0.2) is 4.99 Å². The Bertz CT molecular complexity index is 338. The first-order valence-electron chi connectivity index (χ1n) is 7.95. The van der Waals surface area contributed by atoms with E-state index in [1.807, 2.05) is 11.8 Å². The van der Waals surface area contributed by atoms with E-state index in [0.29, 0.717) is 12.1 Å². The highest BCUT2D eigenvalue weighted by molar-refractivity contribution is 7.99. The zero-order chi connectivity index (χ0) is 14.6. The molecule has 2 fully saturated rings. The molecule has 1 saturated heterocycles. The maximum absolute atomic E-state index is 6.23. The second kappa shape index (κ2) is 7.03. The van der Waals surface area contributed by atoms with Gasteiger partial charge in [0.15, 0.2) is 5.96 Å². The normalized spacial score (nSPS) is 30.1. The fraction of sp³-hybridized carbons (Fsp3) is 0.933. The zero-order valence-electron chi connectivity index (χ0n) is 13.1. The summed E-state index contributed by atoms with van der Waals surface area (Å²) in [6, 6.07) is 0.337. The monoisotopic (exact) mass is 299 g/mol. The number of nitrogens with zero attached hydrogens (tertiary/aromatic N) is 2. The van der Waals surface area contributed by atoms with Gasteiger partial charge in [0.2, 0.25) is 0 Å². The third kappa shape index (κ3) is 2.93. The second-order valence-electron chi connectivity index (χ2n) is 5.72. The lowest BCUT2D eigenvalue weighted by Crippen LogP contribution is -2.58. The molecule has 4 nitrogen and oxygen atoms in total. The van der Waals surface area contributed by atoms with Crippen molar-refractivity contribution in [3.05, 3.63) is 0 Å². The molecule has 0 aromatic heterocycles. The highest BCUT2D eigenvalue weighted by Crippen LogP contribution is 2.50. The van der Waals surface area contributed by atoms with Gasteiger partial charge in [-0.05, 0) is 26.2 Å². The zero-order valence-corrected chi connectivity index (χ0v) is 13.9. The number of rotatable bonds is 5. The van der Waals surface area contributed by atoms with Crippen LogP contribution >= 0.6 is 11.8 Å². The van der Waals surface area contributed by atoms with Crippen molar-refractivity contribution in [2.45, 2.75) is 52.2 Å². The van der Waals surface area contributed by atoms with E-state index in [4.69, 9.17) is 15.5 Å². The van der Waals surface area contributed by atoms with E-state index in [9.17, 15) is 0 Å². The van der Waals surface area contributed by atoms with Crippen molar-refractivity contribution >= 4 is 17.7 Å². The molecule has 0 bridgehead atoms. The van der Waals surface area contributed by atoms with E-state index in [2.05, 4.69) is 25.7 Å². The van der Waals surface area contributed by atoms with Gasteiger partial charge in [-0.1, -0.05) is 13.8 Å². The fourth-order valence-corrected chi connectivity index (χ4v) is 4.46. The SMILES string of the molecule is CCOC1CC(N=C(N)N2CCSCC2)C1(CC)CC. The van der Waals surface area contributed by atoms with Crippen LogP contribution in [0.15, 0.2) is 4.99 Å². The number of guanidine groups is 1. The average molecular weight is 299 g/mol. The maximum Gasteiger partial charge on any atom is 0.191 e. The molecule has 2 rings (SSSR count). The minimum atomic E-state index is 0.200. The summed E-state index contributed by atoms with van der Waals surface area (Å²) >= 11 is 2.00. The quantitative estimate of drug-likeness (QED) is 0.625. The van der Waals surface area contributed by atoms with Crippen molar-refractivity contribution in [3.8, 4) is 0 Å². The molecule has 0 radical (unpaired) electrons. The topological polar surface area (TPSA) is 50.9 Å². The maximum atomic E-state index is 6.23. The van der Waals surface area contributed by atoms with Crippen molar-refractivity contribution in [1.82, 2.24) is 4.90 Å². The highest BCUT2D eigenvalue weighted by Gasteiger charge is 2.53. The van der Waals surface area contributed by atoms with Gasteiger partial charge in [-0.15, -0.1) is 0 Å². The fourth-order valence-electron chi connectivity index (χ4n) is 3.55. The molecule has 1 saturated carbocycles. The van der Waals surface area contributed by atoms with Crippen LogP contribution in [0.25, 0.3) is 0 Å². The van der Waals surface area contributed by atoms with Crippen molar-refractivity contribution in [2.24, 2.45) is 16.1 Å². The van der Waals surface area contributed by atoms with E-state index in [1.165, 1.54) is 0 Å². The minimum Gasteiger partial charge on any atom is -0.378 e. The number of aliphatic imine (C=N–C) groups is 1. The van der Waals surface area contributed by atoms with Gasteiger partial charge in [0.25, 0.3) is 0 Å². The molecule has 1 heterocycles. The summed E-state index contributed by atoms with van der Waals surface area (Å²) in [5.74, 6) is 3.07. The van der Waals surface area contributed by atoms with Gasteiger partial charge in [-0.2, -0.15) is 11.8 Å². The lowest BCUT2D eigenvalue weighted by atomic mass is 9.59. The Morgan fingerprint density at radius 3 is 2.50 bits per heavy atom. The Kier molecular flexibility index (Phi) is 5.61. The largest absolute Gasteiger partial charge is 0.378 e. The standard InChI is InChI=1S/C15H29N3OS/c1-4-15(5-2)12(11-13(15)19-6-3)17-14(16)18-7-9-20-10-8-18/h12-13H,4-11H2,1-3H3,(H2,16,17). The predicted octanol–water partition coefficient (Wildman–Crippen LogP) is 2.33. The minimum absolute atomic E-state index is 0.200. The van der Waals surface area contributed by atoms with Crippen LogP contribution in [-0.2, 0) is 4.74 Å². The molecule has 0 amide bonds. The summed E-state index contributed by atoms with van der Waals surface area (Å²) in [6.07, 6.45) is 3.62. The first-order chi connectivity index (χ1) is 9.67. The molecule has 1 aliphatic carbocycles. The molecular formula is C15H29N3OS. The van der Waals surface area contributed by atoms with Gasteiger partial charge in [0, 0.05) is 36.6 Å². The van der Waals surface area contributed by atoms with Gasteiger partial charge < -0.3 is 15.4 Å². The summed E-state index contributed by atoms with van der Waals surface area (Å²) in [4.78, 5) is 7.10. The molecule has 2 unspecified atom stereocenters. The number of hydrogen-bond acceptors (Lipinski definition) is 3. The predicted molar refractivity (Wildman–Crippen MR) is 87.4 cm³/mol. The van der Waals surface area contributed by atoms with Crippen LogP contribution in [0.5, 0.6) is 0 Å². The Hall–Kier alpha value is -0.420. The van der Waals surface area contributed by atoms with Crippen LogP contribution in [0.2, 0.25) is 0 Å². The summed E-state index contributed by atoms with van der Waals surface area (Å²) < 4.78 is 5.91. The molecule has 2 N–H and O–H groups in total. The number of hydrogen-bond donors (Lipinski definition) is 1. The first kappa shape index (κ1) is 16.0. The molecule has 0 aromatic rings. The molecule has 2 atom stereocenters. The number of ether oxygens (including phenoxy) is 1.